The Bertz CT molecular complexity index is 1200. The lowest BCUT2D eigenvalue weighted by atomic mass is 10.1. The van der Waals surface area contributed by atoms with Crippen LogP contribution in [0.4, 0.5) is 5.69 Å². The van der Waals surface area contributed by atoms with E-state index in [1.54, 1.807) is 18.2 Å². The molecule has 0 atom stereocenters. The Morgan fingerprint density at radius 1 is 1.03 bits per heavy atom. The van der Waals surface area contributed by atoms with Crippen LogP contribution in [-0.4, -0.2) is 34.0 Å². The highest BCUT2D eigenvalue weighted by molar-refractivity contribution is 7.92. The molecule has 0 aliphatic heterocycles. The molecule has 6 nitrogen and oxygen atoms in total. The number of ether oxygens (including phenoxy) is 1. The first kappa shape index (κ1) is 25.6. The molecule has 0 unspecified atom stereocenters. The molecule has 34 heavy (non-hydrogen) atoms. The van der Waals surface area contributed by atoms with Gasteiger partial charge < -0.3 is 10.1 Å². The normalized spacial score (nSPS) is 11.1. The molecule has 0 aliphatic rings. The van der Waals surface area contributed by atoms with Crippen molar-refractivity contribution in [1.29, 1.82) is 0 Å². The van der Waals surface area contributed by atoms with Gasteiger partial charge in [0, 0.05) is 5.02 Å². The first-order chi connectivity index (χ1) is 16.3. The van der Waals surface area contributed by atoms with E-state index in [2.05, 4.69) is 12.2 Å². The summed E-state index contributed by atoms with van der Waals surface area (Å²) in [6.07, 6.45) is 2.10. The lowest BCUT2D eigenvalue weighted by Crippen LogP contribution is -2.42. The van der Waals surface area contributed by atoms with Crippen molar-refractivity contribution in [3.63, 3.8) is 0 Å². The fourth-order valence-electron chi connectivity index (χ4n) is 3.42. The van der Waals surface area contributed by atoms with Gasteiger partial charge in [0.25, 0.3) is 10.0 Å². The maximum Gasteiger partial charge on any atom is 0.264 e. The van der Waals surface area contributed by atoms with Crippen molar-refractivity contribution in [1.82, 2.24) is 5.32 Å². The molecule has 3 aromatic rings. The van der Waals surface area contributed by atoms with Gasteiger partial charge in [-0.2, -0.15) is 0 Å². The van der Waals surface area contributed by atoms with Crippen LogP contribution >= 0.6 is 11.6 Å². The monoisotopic (exact) mass is 500 g/mol. The molecule has 0 fully saturated rings. The lowest BCUT2D eigenvalue weighted by Gasteiger charge is -2.24. The molecule has 3 aromatic carbocycles. The van der Waals surface area contributed by atoms with E-state index in [4.69, 9.17) is 16.3 Å². The number of halogens is 1. The van der Waals surface area contributed by atoms with E-state index in [-0.39, 0.29) is 24.6 Å². The van der Waals surface area contributed by atoms with Gasteiger partial charge in [-0.05, 0) is 73.0 Å². The van der Waals surface area contributed by atoms with E-state index in [1.165, 1.54) is 29.8 Å². The Kier molecular flexibility index (Phi) is 8.96. The predicted octanol–water partition coefficient (Wildman–Crippen LogP) is 4.99. The van der Waals surface area contributed by atoms with E-state index in [0.29, 0.717) is 10.7 Å². The third kappa shape index (κ3) is 6.98. The quantitative estimate of drug-likeness (QED) is 0.376. The number of hydrogen-bond acceptors (Lipinski definition) is 4. The van der Waals surface area contributed by atoms with Gasteiger partial charge in [-0.1, -0.05) is 49.2 Å². The summed E-state index contributed by atoms with van der Waals surface area (Å²) < 4.78 is 33.5. The molecule has 0 saturated heterocycles. The van der Waals surface area contributed by atoms with Crippen LogP contribution in [0.25, 0.3) is 0 Å². The summed E-state index contributed by atoms with van der Waals surface area (Å²) in [5.74, 6) is 0.293. The Balaban J connectivity index is 1.65. The lowest BCUT2D eigenvalue weighted by molar-refractivity contribution is -0.119. The highest BCUT2D eigenvalue weighted by Crippen LogP contribution is 2.25. The molecule has 0 bridgehead atoms. The number of rotatable bonds is 11. The average Bonchev–Trinajstić information content (AvgIpc) is 2.82. The molecular formula is C26H29ClN2O4S. The maximum atomic E-state index is 13.4. The molecule has 0 aliphatic carbocycles. The number of carbonyl (C=O) groups is 1. The highest BCUT2D eigenvalue weighted by Gasteiger charge is 2.27. The second-order valence-corrected chi connectivity index (χ2v) is 10.2. The topological polar surface area (TPSA) is 75.7 Å². The van der Waals surface area contributed by atoms with E-state index in [1.807, 2.05) is 37.3 Å². The molecule has 3 rings (SSSR count). The van der Waals surface area contributed by atoms with Crippen molar-refractivity contribution in [2.45, 2.75) is 31.6 Å². The Morgan fingerprint density at radius 2 is 1.74 bits per heavy atom. The summed E-state index contributed by atoms with van der Waals surface area (Å²) in [6.45, 7) is 4.15. The maximum absolute atomic E-state index is 13.4. The number of anilines is 1. The molecule has 0 radical (unpaired) electrons. The van der Waals surface area contributed by atoms with Crippen LogP contribution in [0.3, 0.4) is 0 Å². The van der Waals surface area contributed by atoms with Crippen molar-refractivity contribution < 1.29 is 17.9 Å². The number of sulfonamides is 1. The van der Waals surface area contributed by atoms with Crippen molar-refractivity contribution in [3.05, 3.63) is 88.9 Å². The first-order valence-corrected chi connectivity index (χ1v) is 12.9. The largest absolute Gasteiger partial charge is 0.492 e. The molecule has 1 N–H and O–H groups in total. The molecule has 0 spiro atoms. The van der Waals surface area contributed by atoms with E-state index in [0.717, 1.165) is 28.5 Å². The fourth-order valence-corrected chi connectivity index (χ4v) is 4.96. The third-order valence-corrected chi connectivity index (χ3v) is 7.17. The second kappa shape index (κ2) is 11.9. The van der Waals surface area contributed by atoms with Crippen molar-refractivity contribution in [2.24, 2.45) is 0 Å². The number of nitrogens with one attached hydrogen (secondary N) is 1. The van der Waals surface area contributed by atoms with Gasteiger partial charge >= 0.3 is 0 Å². The number of aryl methyl sites for hydroxylation is 2. The number of benzene rings is 3. The van der Waals surface area contributed by atoms with Crippen molar-refractivity contribution in [2.75, 3.05) is 24.0 Å². The van der Waals surface area contributed by atoms with Crippen LogP contribution < -0.4 is 14.4 Å². The molecule has 180 valence electrons. The molecule has 0 heterocycles. The van der Waals surface area contributed by atoms with Gasteiger partial charge in [0.1, 0.15) is 18.9 Å². The second-order valence-electron chi connectivity index (χ2n) is 7.90. The molecule has 8 heteroatoms. The Labute approximate surface area is 206 Å². The first-order valence-electron chi connectivity index (χ1n) is 11.1. The highest BCUT2D eigenvalue weighted by atomic mass is 35.5. The SMILES string of the molecule is CCCc1ccc(OCCNC(=O)CN(c2cccc(C)c2)S(=O)(=O)c2ccc(Cl)cc2)cc1. The summed E-state index contributed by atoms with van der Waals surface area (Å²) in [6, 6.07) is 20.8. The summed E-state index contributed by atoms with van der Waals surface area (Å²) in [4.78, 5) is 12.7. The summed E-state index contributed by atoms with van der Waals surface area (Å²) in [5.41, 5.74) is 2.54. The minimum atomic E-state index is -3.98. The minimum absolute atomic E-state index is 0.0565. The number of nitrogens with zero attached hydrogens (tertiary/aromatic N) is 1. The molecular weight excluding hydrogens is 472 g/mol. The zero-order valence-electron chi connectivity index (χ0n) is 19.3. The van der Waals surface area contributed by atoms with Gasteiger partial charge in [0.2, 0.25) is 5.91 Å². The van der Waals surface area contributed by atoms with Gasteiger partial charge in [-0.25, -0.2) is 8.42 Å². The predicted molar refractivity (Wildman–Crippen MR) is 136 cm³/mol. The molecule has 0 saturated carbocycles. The number of hydrogen-bond donors (Lipinski definition) is 1. The average molecular weight is 501 g/mol. The Morgan fingerprint density at radius 3 is 2.38 bits per heavy atom. The summed E-state index contributed by atoms with van der Waals surface area (Å²) in [7, 11) is -3.98. The Hall–Kier alpha value is -3.03. The van der Waals surface area contributed by atoms with Gasteiger partial charge in [-0.3, -0.25) is 9.10 Å². The van der Waals surface area contributed by atoms with Crippen LogP contribution in [0.2, 0.25) is 5.02 Å². The summed E-state index contributed by atoms with van der Waals surface area (Å²) in [5, 5.41) is 3.17. The number of amides is 1. The number of carbonyl (C=O) groups excluding carboxylic acids is 1. The standard InChI is InChI=1S/C26H29ClN2O4S/c1-3-5-21-8-12-24(13-9-21)33-17-16-28-26(30)19-29(23-7-4-6-20(2)18-23)34(31,32)25-14-10-22(27)11-15-25/h4,6-15,18H,3,5,16-17,19H2,1-2H3,(H,28,30). The van der Waals surface area contributed by atoms with Crippen LogP contribution in [0.15, 0.2) is 77.7 Å². The van der Waals surface area contributed by atoms with Crippen LogP contribution in [0.1, 0.15) is 24.5 Å². The van der Waals surface area contributed by atoms with Crippen LogP contribution in [0, 0.1) is 6.92 Å². The van der Waals surface area contributed by atoms with Gasteiger partial charge in [-0.15, -0.1) is 0 Å². The van der Waals surface area contributed by atoms with Crippen LogP contribution in [0.5, 0.6) is 5.75 Å². The third-order valence-electron chi connectivity index (χ3n) is 5.13. The van der Waals surface area contributed by atoms with Crippen molar-refractivity contribution in [3.8, 4) is 5.75 Å². The molecule has 0 aromatic heterocycles. The van der Waals surface area contributed by atoms with E-state index < -0.39 is 15.9 Å². The van der Waals surface area contributed by atoms with Crippen molar-refractivity contribution >= 4 is 33.2 Å². The fraction of sp³-hybridized carbons (Fsp3) is 0.269. The van der Waals surface area contributed by atoms with E-state index in [9.17, 15) is 13.2 Å². The zero-order chi connectivity index (χ0) is 24.6. The van der Waals surface area contributed by atoms with Crippen LogP contribution in [-0.2, 0) is 21.2 Å². The van der Waals surface area contributed by atoms with Gasteiger partial charge in [0.15, 0.2) is 0 Å². The van der Waals surface area contributed by atoms with E-state index >= 15 is 0 Å². The minimum Gasteiger partial charge on any atom is -0.492 e. The molecule has 1 amide bonds. The van der Waals surface area contributed by atoms with Gasteiger partial charge in [0.05, 0.1) is 17.1 Å². The zero-order valence-corrected chi connectivity index (χ0v) is 20.9. The summed E-state index contributed by atoms with van der Waals surface area (Å²) >= 11 is 5.92. The smallest absolute Gasteiger partial charge is 0.264 e.